The number of hydrogen-bond acceptors (Lipinski definition) is 3. The van der Waals surface area contributed by atoms with E-state index in [1.54, 1.807) is 6.07 Å². The lowest BCUT2D eigenvalue weighted by Crippen LogP contribution is -2.29. The summed E-state index contributed by atoms with van der Waals surface area (Å²) in [5.74, 6) is 3.97. The Kier molecular flexibility index (Phi) is 3.88. The number of pyridine rings is 1. The van der Waals surface area contributed by atoms with Crippen molar-refractivity contribution < 1.29 is 4.39 Å². The molecule has 4 heteroatoms. The van der Waals surface area contributed by atoms with Crippen molar-refractivity contribution in [1.82, 2.24) is 10.3 Å². The van der Waals surface area contributed by atoms with Crippen molar-refractivity contribution in [2.24, 2.45) is 5.92 Å². The molecule has 0 bridgehead atoms. The molecule has 1 N–H and O–H groups in total. The van der Waals surface area contributed by atoms with Gasteiger partial charge in [0.25, 0.3) is 0 Å². The summed E-state index contributed by atoms with van der Waals surface area (Å²) in [6, 6.07) is 2.17. The van der Waals surface area contributed by atoms with E-state index in [9.17, 15) is 4.39 Å². The molecule has 0 aliphatic heterocycles. The largest absolute Gasteiger partial charge is 0.345 e. The Morgan fingerprint density at radius 3 is 2.85 bits per heavy atom. The summed E-state index contributed by atoms with van der Waals surface area (Å²) < 4.78 is 13.5. The van der Waals surface area contributed by atoms with Gasteiger partial charge >= 0.3 is 0 Å². The third-order valence-corrected chi connectivity index (χ3v) is 3.83. The molecule has 0 amide bonds. The number of nitrogens with one attached hydrogen (secondary N) is 1. The van der Waals surface area contributed by atoms with Crippen LogP contribution in [0.3, 0.4) is 0 Å². The predicted octanol–water partition coefficient (Wildman–Crippen LogP) is 2.32. The molecule has 0 radical (unpaired) electrons. The quantitative estimate of drug-likeness (QED) is 0.773. The highest BCUT2D eigenvalue weighted by Gasteiger charge is 2.26. The summed E-state index contributed by atoms with van der Waals surface area (Å²) in [5, 5.41) is 3.42. The molecule has 1 heterocycles. The van der Waals surface area contributed by atoms with Crippen molar-refractivity contribution in [1.29, 1.82) is 0 Å². The second kappa shape index (κ2) is 5.80. The van der Waals surface area contributed by atoms with Gasteiger partial charge in [0, 0.05) is 24.7 Å². The predicted molar refractivity (Wildman–Crippen MR) is 77.8 cm³/mol. The summed E-state index contributed by atoms with van der Waals surface area (Å²) in [6.07, 6.45) is 11.7. The fourth-order valence-electron chi connectivity index (χ4n) is 2.38. The summed E-state index contributed by atoms with van der Waals surface area (Å²) in [4.78, 5) is 6.40. The third kappa shape index (κ3) is 3.49. The molecule has 0 unspecified atom stereocenters. The zero-order chi connectivity index (χ0) is 13.9. The second-order valence-corrected chi connectivity index (χ2v) is 5.82. The van der Waals surface area contributed by atoms with Crippen LogP contribution >= 0.6 is 0 Å². The van der Waals surface area contributed by atoms with E-state index >= 15 is 0 Å². The van der Waals surface area contributed by atoms with Gasteiger partial charge in [-0.25, -0.2) is 9.37 Å². The molecule has 0 spiro atoms. The smallest absolute Gasteiger partial charge is 0.141 e. The van der Waals surface area contributed by atoms with E-state index in [0.717, 1.165) is 23.8 Å². The number of rotatable bonds is 7. The lowest BCUT2D eigenvalue weighted by Gasteiger charge is -2.24. The lowest BCUT2D eigenvalue weighted by molar-refractivity contribution is 0.609. The van der Waals surface area contributed by atoms with Crippen LogP contribution in [0.1, 0.15) is 31.2 Å². The van der Waals surface area contributed by atoms with Crippen molar-refractivity contribution in [3.05, 3.63) is 23.6 Å². The Hall–Kier alpha value is -1.60. The van der Waals surface area contributed by atoms with E-state index in [-0.39, 0.29) is 5.82 Å². The molecule has 2 saturated carbocycles. The van der Waals surface area contributed by atoms with Crippen LogP contribution in [0.4, 0.5) is 10.2 Å². The highest BCUT2D eigenvalue weighted by molar-refractivity contribution is 5.48. The zero-order valence-corrected chi connectivity index (χ0v) is 11.6. The minimum absolute atomic E-state index is 0.284. The summed E-state index contributed by atoms with van der Waals surface area (Å²) in [5.41, 5.74) is 0.910. The van der Waals surface area contributed by atoms with Gasteiger partial charge in [-0.1, -0.05) is 5.92 Å². The molecule has 106 valence electrons. The molecule has 0 saturated heterocycles. The Morgan fingerprint density at radius 2 is 2.20 bits per heavy atom. The molecule has 1 aromatic rings. The van der Waals surface area contributed by atoms with Gasteiger partial charge in [0.2, 0.25) is 0 Å². The van der Waals surface area contributed by atoms with Gasteiger partial charge in [0.1, 0.15) is 11.6 Å². The van der Waals surface area contributed by atoms with Gasteiger partial charge < -0.3 is 10.2 Å². The van der Waals surface area contributed by atoms with Crippen LogP contribution in [-0.4, -0.2) is 24.1 Å². The van der Waals surface area contributed by atoms with E-state index in [0.29, 0.717) is 19.1 Å². The lowest BCUT2D eigenvalue weighted by atomic mass is 10.2. The van der Waals surface area contributed by atoms with Crippen molar-refractivity contribution in [2.75, 3.05) is 18.0 Å². The van der Waals surface area contributed by atoms with Crippen LogP contribution in [0.25, 0.3) is 0 Å². The fraction of sp³-hybridized carbons (Fsp3) is 0.562. The Labute approximate surface area is 119 Å². The molecule has 3 nitrogen and oxygen atoms in total. The van der Waals surface area contributed by atoms with Gasteiger partial charge in [-0.2, -0.15) is 0 Å². The average Bonchev–Trinajstić information content (AvgIpc) is 3.31. The number of nitrogens with zero attached hydrogens (tertiary/aromatic N) is 2. The normalized spacial score (nSPS) is 17.8. The minimum atomic E-state index is -0.284. The van der Waals surface area contributed by atoms with E-state index in [4.69, 9.17) is 6.42 Å². The summed E-state index contributed by atoms with van der Waals surface area (Å²) in [7, 11) is 0. The SMILES string of the molecule is C#CCN(CC1CC1)c1ncc(F)cc1CNC1CC1. The molecule has 1 aromatic heterocycles. The summed E-state index contributed by atoms with van der Waals surface area (Å²) in [6.45, 7) is 2.13. The monoisotopic (exact) mass is 273 g/mol. The van der Waals surface area contributed by atoms with Gasteiger partial charge in [-0.05, 0) is 37.7 Å². The Morgan fingerprint density at radius 1 is 1.40 bits per heavy atom. The third-order valence-electron chi connectivity index (χ3n) is 3.83. The van der Waals surface area contributed by atoms with Gasteiger partial charge in [0.05, 0.1) is 12.7 Å². The molecule has 0 aromatic carbocycles. The van der Waals surface area contributed by atoms with Crippen LogP contribution < -0.4 is 10.2 Å². The van der Waals surface area contributed by atoms with Crippen LogP contribution in [0.2, 0.25) is 0 Å². The van der Waals surface area contributed by atoms with Crippen LogP contribution in [0.5, 0.6) is 0 Å². The van der Waals surface area contributed by atoms with Crippen molar-refractivity contribution >= 4 is 5.82 Å². The number of hydrogen-bond donors (Lipinski definition) is 1. The van der Waals surface area contributed by atoms with E-state index in [1.807, 2.05) is 0 Å². The zero-order valence-electron chi connectivity index (χ0n) is 11.6. The Balaban J connectivity index is 1.78. The molecular weight excluding hydrogens is 253 g/mol. The standard InChI is InChI=1S/C16H20FN3/c1-2-7-20(11-12-3-4-12)16-13(8-14(17)10-19-16)9-18-15-5-6-15/h1,8,10,12,15,18H,3-7,9,11H2. The first-order chi connectivity index (χ1) is 9.76. The van der Waals surface area contributed by atoms with Crippen molar-refractivity contribution in [3.8, 4) is 12.3 Å². The van der Waals surface area contributed by atoms with E-state index in [2.05, 4.69) is 21.1 Å². The summed E-state index contributed by atoms with van der Waals surface area (Å²) >= 11 is 0. The van der Waals surface area contributed by atoms with Gasteiger partial charge in [-0.3, -0.25) is 0 Å². The number of anilines is 1. The first-order valence-electron chi connectivity index (χ1n) is 7.32. The number of aromatic nitrogens is 1. The maximum absolute atomic E-state index is 13.5. The fourth-order valence-corrected chi connectivity index (χ4v) is 2.38. The molecule has 20 heavy (non-hydrogen) atoms. The van der Waals surface area contributed by atoms with Crippen LogP contribution in [0, 0.1) is 24.1 Å². The van der Waals surface area contributed by atoms with Crippen molar-refractivity contribution in [2.45, 2.75) is 38.3 Å². The molecular formula is C16H20FN3. The maximum Gasteiger partial charge on any atom is 0.141 e. The first-order valence-corrected chi connectivity index (χ1v) is 7.32. The molecule has 3 rings (SSSR count). The molecule has 0 atom stereocenters. The number of terminal acetylenes is 1. The second-order valence-electron chi connectivity index (χ2n) is 5.82. The Bertz CT molecular complexity index is 515. The minimum Gasteiger partial charge on any atom is -0.345 e. The highest BCUT2D eigenvalue weighted by atomic mass is 19.1. The topological polar surface area (TPSA) is 28.2 Å². The van der Waals surface area contributed by atoms with Gasteiger partial charge in [-0.15, -0.1) is 6.42 Å². The maximum atomic E-state index is 13.5. The van der Waals surface area contributed by atoms with Crippen LogP contribution in [-0.2, 0) is 6.54 Å². The first kappa shape index (κ1) is 13.4. The molecule has 2 aliphatic rings. The van der Waals surface area contributed by atoms with Gasteiger partial charge in [0.15, 0.2) is 0 Å². The molecule has 2 aliphatic carbocycles. The van der Waals surface area contributed by atoms with Crippen molar-refractivity contribution in [3.63, 3.8) is 0 Å². The average molecular weight is 273 g/mol. The number of halogens is 1. The molecule has 2 fully saturated rings. The van der Waals surface area contributed by atoms with Crippen LogP contribution in [0.15, 0.2) is 12.3 Å². The highest BCUT2D eigenvalue weighted by Crippen LogP contribution is 2.32. The van der Waals surface area contributed by atoms with E-state index in [1.165, 1.54) is 31.9 Å². The van der Waals surface area contributed by atoms with E-state index < -0.39 is 0 Å².